The molecule has 1 saturated carbocycles. The molecule has 0 bridgehead atoms. The average Bonchev–Trinajstić information content (AvgIpc) is 3.56. The molecule has 0 saturated heterocycles. The number of benzene rings is 1. The van der Waals surface area contributed by atoms with E-state index in [4.69, 9.17) is 10.7 Å². The van der Waals surface area contributed by atoms with Gasteiger partial charge in [0.25, 0.3) is 0 Å². The Kier molecular flexibility index (Phi) is 12.5. The van der Waals surface area contributed by atoms with Crippen molar-refractivity contribution in [2.24, 2.45) is 10.7 Å². The van der Waals surface area contributed by atoms with Crippen molar-refractivity contribution >= 4 is 29.0 Å². The Balaban J connectivity index is 0.00000163. The zero-order valence-corrected chi connectivity index (χ0v) is 24.6. The summed E-state index contributed by atoms with van der Waals surface area (Å²) >= 11 is 1.56. The van der Waals surface area contributed by atoms with E-state index in [2.05, 4.69) is 30.2 Å². The molecule has 1 heterocycles. The first-order valence-electron chi connectivity index (χ1n) is 13.1. The van der Waals surface area contributed by atoms with Crippen LogP contribution < -0.4 is 5.73 Å². The van der Waals surface area contributed by atoms with Crippen LogP contribution in [0.3, 0.4) is 0 Å². The largest absolute Gasteiger partial charge is 0.388 e. The third-order valence-electron chi connectivity index (χ3n) is 6.43. The Labute approximate surface area is 228 Å². The summed E-state index contributed by atoms with van der Waals surface area (Å²) in [7, 11) is 0. The van der Waals surface area contributed by atoms with Gasteiger partial charge in [0.2, 0.25) is 0 Å². The highest BCUT2D eigenvalue weighted by Gasteiger charge is 2.45. The maximum absolute atomic E-state index is 12.4. The smallest absolute Gasteiger partial charge is 0.130 e. The Hall–Kier alpha value is -3.23. The number of aldehydes is 1. The second-order valence-electron chi connectivity index (χ2n) is 8.87. The summed E-state index contributed by atoms with van der Waals surface area (Å²) in [6.07, 6.45) is 8.70. The SMILES string of the molecule is C=C/C(=C\C(C)=C/C)c1csc(C(C)(N=C(C)N)C(C=O)c2ccc(C3(C#N)CC3)cc2)c1.CC.CC. The van der Waals surface area contributed by atoms with E-state index in [9.17, 15) is 10.1 Å². The quantitative estimate of drug-likeness (QED) is 0.157. The van der Waals surface area contributed by atoms with E-state index in [0.29, 0.717) is 5.84 Å². The number of thiophene rings is 1. The molecule has 3 rings (SSSR count). The van der Waals surface area contributed by atoms with Gasteiger partial charge in [0.05, 0.1) is 23.2 Å². The third kappa shape index (κ3) is 7.40. The number of hydrogen-bond donors (Lipinski definition) is 1. The van der Waals surface area contributed by atoms with E-state index in [-0.39, 0.29) is 5.41 Å². The van der Waals surface area contributed by atoms with E-state index in [1.807, 2.05) is 84.9 Å². The second kappa shape index (κ2) is 14.5. The maximum Gasteiger partial charge on any atom is 0.130 e. The molecule has 1 fully saturated rings. The van der Waals surface area contributed by atoms with Crippen LogP contribution >= 0.6 is 11.3 Å². The molecule has 1 aromatic heterocycles. The number of nitriles is 1. The van der Waals surface area contributed by atoms with E-state index >= 15 is 0 Å². The molecule has 2 aromatic rings. The highest BCUT2D eigenvalue weighted by molar-refractivity contribution is 7.10. The Morgan fingerprint density at radius 1 is 1.22 bits per heavy atom. The van der Waals surface area contributed by atoms with Gasteiger partial charge in [0.15, 0.2) is 0 Å². The number of allylic oxidation sites excluding steroid dienone is 5. The first kappa shape index (κ1) is 31.8. The number of rotatable bonds is 9. The first-order chi connectivity index (χ1) is 17.7. The fraction of sp³-hybridized carbons (Fsp3) is 0.406. The van der Waals surface area contributed by atoms with E-state index in [0.717, 1.165) is 51.8 Å². The molecule has 2 N–H and O–H groups in total. The zero-order valence-electron chi connectivity index (χ0n) is 23.8. The molecule has 0 radical (unpaired) electrons. The molecular weight excluding hydrogens is 474 g/mol. The molecule has 198 valence electrons. The van der Waals surface area contributed by atoms with Crippen molar-refractivity contribution in [1.29, 1.82) is 5.26 Å². The Bertz CT molecular complexity index is 1170. The Morgan fingerprint density at radius 3 is 2.24 bits per heavy atom. The Morgan fingerprint density at radius 2 is 1.81 bits per heavy atom. The van der Waals surface area contributed by atoms with Gasteiger partial charge in [-0.2, -0.15) is 5.26 Å². The normalized spacial score (nSPS) is 17.0. The van der Waals surface area contributed by atoms with E-state index in [1.54, 1.807) is 18.3 Å². The van der Waals surface area contributed by atoms with Crippen LogP contribution in [0.15, 0.2) is 71.1 Å². The molecule has 1 aliphatic carbocycles. The summed E-state index contributed by atoms with van der Waals surface area (Å²) in [6.45, 7) is 19.7. The minimum absolute atomic E-state index is 0.356. The summed E-state index contributed by atoms with van der Waals surface area (Å²) in [5.74, 6) is -0.108. The van der Waals surface area contributed by atoms with Crippen LogP contribution in [0.5, 0.6) is 0 Å². The molecule has 2 unspecified atom stereocenters. The maximum atomic E-state index is 12.4. The molecular formula is C32H43N3OS. The standard InChI is InChI=1S/C28H31N3OS.2C2H6/c1-6-19(3)14-21(7-2)23-15-26(33-17-23)27(5,31-20(4)30)25(16-32)22-8-10-24(11-9-22)28(18-29)12-13-28;2*1-2/h6-11,14-17,25H,2,12-13H2,1,3-5H3,(H2,30,31);2*1-2H3/b19-6-,21-14+;;. The monoisotopic (exact) mass is 517 g/mol. The average molecular weight is 518 g/mol. The molecule has 5 heteroatoms. The van der Waals surface area contributed by atoms with Gasteiger partial charge >= 0.3 is 0 Å². The van der Waals surface area contributed by atoms with E-state index in [1.165, 1.54) is 0 Å². The minimum Gasteiger partial charge on any atom is -0.388 e. The first-order valence-corrected chi connectivity index (χ1v) is 14.0. The lowest BCUT2D eigenvalue weighted by Crippen LogP contribution is -2.31. The number of nitrogens with zero attached hydrogens (tertiary/aromatic N) is 2. The zero-order chi connectivity index (χ0) is 28.2. The highest BCUT2D eigenvalue weighted by atomic mass is 32.1. The predicted octanol–water partition coefficient (Wildman–Crippen LogP) is 8.47. The van der Waals surface area contributed by atoms with Gasteiger partial charge in [0, 0.05) is 4.88 Å². The molecule has 2 atom stereocenters. The topological polar surface area (TPSA) is 79.2 Å². The van der Waals surface area contributed by atoms with Crippen molar-refractivity contribution in [2.75, 3.05) is 0 Å². The lowest BCUT2D eigenvalue weighted by molar-refractivity contribution is -0.110. The van der Waals surface area contributed by atoms with Crippen molar-refractivity contribution in [1.82, 2.24) is 0 Å². The lowest BCUT2D eigenvalue weighted by atomic mass is 9.79. The number of nitrogens with two attached hydrogens (primary N) is 1. The van der Waals surface area contributed by atoms with Crippen molar-refractivity contribution < 1.29 is 4.79 Å². The van der Waals surface area contributed by atoms with Crippen molar-refractivity contribution in [2.45, 2.75) is 85.1 Å². The summed E-state index contributed by atoms with van der Waals surface area (Å²) in [5, 5.41) is 11.6. The number of carbonyl (C=O) groups is 1. The van der Waals surface area contributed by atoms with E-state index < -0.39 is 11.5 Å². The van der Waals surface area contributed by atoms with Crippen molar-refractivity contribution in [3.8, 4) is 6.07 Å². The third-order valence-corrected chi connectivity index (χ3v) is 7.58. The van der Waals surface area contributed by atoms with Crippen molar-refractivity contribution in [3.63, 3.8) is 0 Å². The fourth-order valence-corrected chi connectivity index (χ4v) is 5.19. The van der Waals surface area contributed by atoms with Gasteiger partial charge in [-0.3, -0.25) is 4.99 Å². The fourth-order valence-electron chi connectivity index (χ4n) is 4.12. The van der Waals surface area contributed by atoms with Crippen molar-refractivity contribution in [3.05, 3.63) is 87.7 Å². The molecule has 1 aliphatic rings. The molecule has 0 aliphatic heterocycles. The summed E-state index contributed by atoms with van der Waals surface area (Å²) in [4.78, 5) is 18.2. The number of aliphatic imine (C=N–C) groups is 1. The molecule has 4 nitrogen and oxygen atoms in total. The van der Waals surface area contributed by atoms with Crippen LogP contribution in [0.25, 0.3) is 5.57 Å². The van der Waals surface area contributed by atoms with Gasteiger partial charge in [0.1, 0.15) is 11.8 Å². The predicted molar refractivity (Wildman–Crippen MR) is 161 cm³/mol. The van der Waals surface area contributed by atoms with Gasteiger partial charge < -0.3 is 10.5 Å². The molecule has 0 amide bonds. The van der Waals surface area contributed by atoms with Crippen LogP contribution in [-0.2, 0) is 15.7 Å². The van der Waals surface area contributed by atoms with Gasteiger partial charge in [-0.1, -0.05) is 82.3 Å². The van der Waals surface area contributed by atoms with Gasteiger partial charge in [-0.25, -0.2) is 0 Å². The molecule has 37 heavy (non-hydrogen) atoms. The second-order valence-corrected chi connectivity index (χ2v) is 9.78. The minimum atomic E-state index is -0.862. The van der Waals surface area contributed by atoms with Crippen LogP contribution in [0.1, 0.15) is 95.7 Å². The highest BCUT2D eigenvalue weighted by Crippen LogP contribution is 2.48. The number of carbonyl (C=O) groups excluding carboxylic acids is 1. The summed E-state index contributed by atoms with van der Waals surface area (Å²) < 4.78 is 0. The molecule has 0 spiro atoms. The number of amidine groups is 1. The van der Waals surface area contributed by atoms with Crippen LogP contribution in [0, 0.1) is 11.3 Å². The summed E-state index contributed by atoms with van der Waals surface area (Å²) in [6, 6.07) is 12.3. The van der Waals surface area contributed by atoms with Crippen LogP contribution in [-0.4, -0.2) is 12.1 Å². The molecule has 1 aromatic carbocycles. The van der Waals surface area contributed by atoms with Crippen LogP contribution in [0.4, 0.5) is 0 Å². The summed E-state index contributed by atoms with van der Waals surface area (Å²) in [5.41, 5.74) is 9.88. The lowest BCUT2D eigenvalue weighted by Gasteiger charge is -2.31. The van der Waals surface area contributed by atoms with Gasteiger partial charge in [-0.15, -0.1) is 11.3 Å². The number of hydrogen-bond acceptors (Lipinski definition) is 4. The van der Waals surface area contributed by atoms with Crippen LogP contribution in [0.2, 0.25) is 0 Å². The van der Waals surface area contributed by atoms with Gasteiger partial charge in [-0.05, 0) is 74.2 Å².